The smallest absolute Gasteiger partial charge is 0.451 e. The van der Waals surface area contributed by atoms with E-state index in [1.54, 1.807) is 6.92 Å². The Morgan fingerprint density at radius 2 is 1.77 bits per heavy atom. The number of nitrogens with one attached hydrogen (secondary N) is 1. The lowest BCUT2D eigenvalue weighted by Crippen LogP contribution is -2.23. The zero-order chi connectivity index (χ0) is 23.4. The quantitative estimate of drug-likeness (QED) is 0.519. The summed E-state index contributed by atoms with van der Waals surface area (Å²) in [5.41, 5.74) is -0.0894. The number of carboxylic acid groups (broad SMARTS) is 1. The maximum Gasteiger partial charge on any atom is 0.451 e. The third-order valence-electron chi connectivity index (χ3n) is 4.46. The number of hydrogen-bond donors (Lipinski definition) is 2. The molecule has 0 amide bonds. The van der Waals surface area contributed by atoms with Gasteiger partial charge in [0.15, 0.2) is 6.10 Å². The van der Waals surface area contributed by atoms with Gasteiger partial charge in [0, 0.05) is 18.4 Å². The van der Waals surface area contributed by atoms with Gasteiger partial charge in [0.1, 0.15) is 0 Å². The van der Waals surface area contributed by atoms with Gasteiger partial charge in [-0.1, -0.05) is 19.1 Å². The Labute approximate surface area is 173 Å². The normalized spacial score (nSPS) is 14.2. The summed E-state index contributed by atoms with van der Waals surface area (Å²) in [6.45, 7) is 1.73. The Morgan fingerprint density at radius 1 is 1.16 bits per heavy atom. The van der Waals surface area contributed by atoms with Gasteiger partial charge in [0.2, 0.25) is 5.82 Å². The molecule has 2 N–H and O–H groups in total. The van der Waals surface area contributed by atoms with Crippen LogP contribution in [-0.2, 0) is 15.7 Å². The lowest BCUT2D eigenvalue weighted by molar-refractivity contribution is -0.215. The zero-order valence-corrected chi connectivity index (χ0v) is 16.4. The van der Waals surface area contributed by atoms with Crippen molar-refractivity contribution in [1.82, 2.24) is 9.97 Å². The highest BCUT2D eigenvalue weighted by atomic mass is 19.4. The van der Waals surface area contributed by atoms with Crippen LogP contribution in [0, 0.1) is 0 Å². The standard InChI is InChI=1S/C19H19F6N3O3/c1-3-10(7-15(29)30)11-4-5-13(16(31-2)18(20,21)22)14(6-11)28-12-8-26-17(27-9-12)19(23,24)25/h4-6,8-10,16,28H,3,7H2,1-2H3,(H,29,30)/t10-,16+/m0/s1. The topological polar surface area (TPSA) is 84.3 Å². The van der Waals surface area contributed by atoms with Crippen LogP contribution in [0.2, 0.25) is 0 Å². The maximum atomic E-state index is 13.4. The van der Waals surface area contributed by atoms with Crippen LogP contribution in [0.5, 0.6) is 0 Å². The molecule has 1 aromatic carbocycles. The number of ether oxygens (including phenoxy) is 1. The highest BCUT2D eigenvalue weighted by molar-refractivity contribution is 5.69. The van der Waals surface area contributed by atoms with Crippen molar-refractivity contribution in [2.45, 2.75) is 44.1 Å². The van der Waals surface area contributed by atoms with E-state index in [-0.39, 0.29) is 23.4 Å². The molecule has 2 rings (SSSR count). The second-order valence-electron chi connectivity index (χ2n) is 6.63. The first kappa shape index (κ1) is 24.4. The summed E-state index contributed by atoms with van der Waals surface area (Å²) in [5, 5.41) is 11.7. The van der Waals surface area contributed by atoms with Gasteiger partial charge in [-0.2, -0.15) is 26.3 Å². The van der Waals surface area contributed by atoms with Gasteiger partial charge < -0.3 is 15.2 Å². The van der Waals surface area contributed by atoms with Crippen LogP contribution in [0.25, 0.3) is 0 Å². The van der Waals surface area contributed by atoms with E-state index in [4.69, 9.17) is 5.11 Å². The van der Waals surface area contributed by atoms with Crippen molar-refractivity contribution in [1.29, 1.82) is 0 Å². The van der Waals surface area contributed by atoms with Crippen molar-refractivity contribution < 1.29 is 41.0 Å². The molecular formula is C19H19F6N3O3. The fraction of sp³-hybridized carbons (Fsp3) is 0.421. The minimum absolute atomic E-state index is 0.0882. The fourth-order valence-corrected chi connectivity index (χ4v) is 3.00. The molecule has 0 unspecified atom stereocenters. The SMILES string of the molecule is CC[C@@H](CC(=O)O)c1ccc([C@@H](OC)C(F)(F)F)c(Nc2cnc(C(F)(F)F)nc2)c1. The van der Waals surface area contributed by atoms with E-state index in [2.05, 4.69) is 20.0 Å². The van der Waals surface area contributed by atoms with Crippen LogP contribution >= 0.6 is 0 Å². The molecule has 1 aromatic heterocycles. The molecule has 1 heterocycles. The van der Waals surface area contributed by atoms with Crippen molar-refractivity contribution in [2.24, 2.45) is 0 Å². The number of aliphatic carboxylic acids is 1. The van der Waals surface area contributed by atoms with E-state index >= 15 is 0 Å². The van der Waals surface area contributed by atoms with Crippen molar-refractivity contribution in [2.75, 3.05) is 12.4 Å². The molecule has 0 fully saturated rings. The first-order valence-electron chi connectivity index (χ1n) is 8.98. The molecule has 0 radical (unpaired) electrons. The van der Waals surface area contributed by atoms with Gasteiger partial charge >= 0.3 is 18.3 Å². The van der Waals surface area contributed by atoms with Gasteiger partial charge in [-0.25, -0.2) is 9.97 Å². The predicted octanol–water partition coefficient (Wildman–Crippen LogP) is 5.46. The Kier molecular flexibility index (Phi) is 7.47. The molecule has 6 nitrogen and oxygen atoms in total. The summed E-state index contributed by atoms with van der Waals surface area (Å²) in [7, 11) is 0.871. The number of anilines is 2. The van der Waals surface area contributed by atoms with E-state index in [0.717, 1.165) is 25.6 Å². The first-order valence-corrected chi connectivity index (χ1v) is 8.98. The molecule has 0 saturated carbocycles. The molecule has 0 aliphatic heterocycles. The zero-order valence-electron chi connectivity index (χ0n) is 16.4. The number of carboxylic acids is 1. The van der Waals surface area contributed by atoms with Crippen LogP contribution in [-0.4, -0.2) is 34.3 Å². The van der Waals surface area contributed by atoms with Crippen LogP contribution in [0.1, 0.15) is 48.7 Å². The van der Waals surface area contributed by atoms with Gasteiger partial charge in [-0.05, 0) is 24.0 Å². The van der Waals surface area contributed by atoms with Crippen LogP contribution in [0.4, 0.5) is 37.7 Å². The van der Waals surface area contributed by atoms with Crippen molar-refractivity contribution in [3.63, 3.8) is 0 Å². The summed E-state index contributed by atoms with van der Waals surface area (Å²) in [4.78, 5) is 17.4. The summed E-state index contributed by atoms with van der Waals surface area (Å²) in [5.74, 6) is -2.96. The number of nitrogens with zero attached hydrogens (tertiary/aromatic N) is 2. The largest absolute Gasteiger partial charge is 0.481 e. The second kappa shape index (κ2) is 9.50. The molecule has 0 aliphatic carbocycles. The molecule has 0 aliphatic rings. The van der Waals surface area contributed by atoms with E-state index < -0.39 is 36.2 Å². The Bertz CT molecular complexity index is 900. The summed E-state index contributed by atoms with van der Waals surface area (Å²) in [6, 6.07) is 3.84. The number of rotatable bonds is 8. The van der Waals surface area contributed by atoms with Gasteiger partial charge in [-0.15, -0.1) is 0 Å². The molecular weight excluding hydrogens is 432 g/mol. The van der Waals surface area contributed by atoms with Gasteiger partial charge in [-0.3, -0.25) is 4.79 Å². The van der Waals surface area contributed by atoms with Crippen LogP contribution < -0.4 is 5.32 Å². The highest BCUT2D eigenvalue weighted by Crippen LogP contribution is 2.41. The van der Waals surface area contributed by atoms with E-state index in [1.165, 1.54) is 12.1 Å². The molecule has 12 heteroatoms. The Morgan fingerprint density at radius 3 is 2.23 bits per heavy atom. The van der Waals surface area contributed by atoms with Gasteiger partial charge in [0.25, 0.3) is 0 Å². The minimum atomic E-state index is -4.77. The highest BCUT2D eigenvalue weighted by Gasteiger charge is 2.42. The third kappa shape index (κ3) is 6.29. The van der Waals surface area contributed by atoms with Crippen molar-refractivity contribution in [3.05, 3.63) is 47.5 Å². The lowest BCUT2D eigenvalue weighted by Gasteiger charge is -2.24. The summed E-state index contributed by atoms with van der Waals surface area (Å²) in [6.07, 6.45) is -10.1. The van der Waals surface area contributed by atoms with E-state index in [9.17, 15) is 31.1 Å². The molecule has 0 bridgehead atoms. The van der Waals surface area contributed by atoms with E-state index in [0.29, 0.717) is 12.0 Å². The second-order valence-corrected chi connectivity index (χ2v) is 6.63. The minimum Gasteiger partial charge on any atom is -0.481 e. The monoisotopic (exact) mass is 451 g/mol. The third-order valence-corrected chi connectivity index (χ3v) is 4.46. The Hall–Kier alpha value is -2.89. The van der Waals surface area contributed by atoms with E-state index in [1.807, 2.05) is 0 Å². The molecule has 31 heavy (non-hydrogen) atoms. The number of aromatic nitrogens is 2. The maximum absolute atomic E-state index is 13.4. The predicted molar refractivity (Wildman–Crippen MR) is 97.8 cm³/mol. The average molecular weight is 451 g/mol. The van der Waals surface area contributed by atoms with Crippen molar-refractivity contribution >= 4 is 17.3 Å². The summed E-state index contributed by atoms with van der Waals surface area (Å²) >= 11 is 0. The average Bonchev–Trinajstić information content (AvgIpc) is 2.66. The summed E-state index contributed by atoms with van der Waals surface area (Å²) < 4.78 is 82.8. The van der Waals surface area contributed by atoms with Crippen molar-refractivity contribution in [3.8, 4) is 0 Å². The number of alkyl halides is 6. The molecule has 2 aromatic rings. The molecule has 2 atom stereocenters. The number of halogens is 6. The molecule has 0 saturated heterocycles. The fourth-order valence-electron chi connectivity index (χ4n) is 3.00. The first-order chi connectivity index (χ1) is 14.4. The number of carbonyl (C=O) groups is 1. The number of methoxy groups -OCH3 is 1. The lowest BCUT2D eigenvalue weighted by atomic mass is 9.91. The number of hydrogen-bond acceptors (Lipinski definition) is 5. The molecule has 170 valence electrons. The molecule has 0 spiro atoms. The van der Waals surface area contributed by atoms with Crippen LogP contribution in [0.3, 0.4) is 0 Å². The number of benzene rings is 1. The Balaban J connectivity index is 2.51. The van der Waals surface area contributed by atoms with Gasteiger partial charge in [0.05, 0.1) is 24.5 Å². The van der Waals surface area contributed by atoms with Crippen LogP contribution in [0.15, 0.2) is 30.6 Å².